The molecule has 1 saturated heterocycles. The molecule has 3 heterocycles. The molecule has 1 aliphatic rings. The number of benzene rings is 1. The van der Waals surface area contributed by atoms with Crippen LogP contribution in [0.1, 0.15) is 18.6 Å². The lowest BCUT2D eigenvalue weighted by atomic mass is 9.98. The minimum absolute atomic E-state index is 0.0190. The van der Waals surface area contributed by atoms with Crippen LogP contribution in [0.4, 0.5) is 13.2 Å². The fraction of sp³-hybridized carbons (Fsp3) is 0.364. The first kappa shape index (κ1) is 21.0. The highest BCUT2D eigenvalue weighted by Gasteiger charge is 2.43. The quantitative estimate of drug-likeness (QED) is 0.613. The SMILES string of the molecule is O=C(N1CCC(COc2coc(Cn3cc4ccccc4c3)cc2=O)CC1)C(F)(F)F. The molecule has 0 saturated carbocycles. The Balaban J connectivity index is 1.31. The highest BCUT2D eigenvalue weighted by Crippen LogP contribution is 2.24. The second-order valence-electron chi connectivity index (χ2n) is 7.68. The summed E-state index contributed by atoms with van der Waals surface area (Å²) in [6.45, 7) is 0.618. The van der Waals surface area contributed by atoms with E-state index in [1.807, 2.05) is 41.2 Å². The van der Waals surface area contributed by atoms with Crippen LogP contribution in [0.2, 0.25) is 0 Å². The number of hydrogen-bond donors (Lipinski definition) is 0. The molecule has 0 spiro atoms. The molecular formula is C22H21F3N2O4. The number of ether oxygens (including phenoxy) is 1. The maximum atomic E-state index is 12.5. The van der Waals surface area contributed by atoms with Crippen LogP contribution in [0.5, 0.6) is 5.75 Å². The number of amides is 1. The molecule has 164 valence electrons. The number of nitrogens with zero attached hydrogens (tertiary/aromatic N) is 2. The molecule has 0 radical (unpaired) electrons. The number of rotatable bonds is 5. The molecule has 1 aromatic carbocycles. The largest absolute Gasteiger partial charge is 0.486 e. The Hall–Kier alpha value is -3.23. The number of likely N-dealkylation sites (tertiary alicyclic amines) is 1. The molecule has 0 unspecified atom stereocenters. The van der Waals surface area contributed by atoms with Gasteiger partial charge in [-0.25, -0.2) is 0 Å². The lowest BCUT2D eigenvalue weighted by Gasteiger charge is -2.32. The second-order valence-corrected chi connectivity index (χ2v) is 7.68. The van der Waals surface area contributed by atoms with Crippen molar-refractivity contribution in [2.24, 2.45) is 5.92 Å². The van der Waals surface area contributed by atoms with Gasteiger partial charge < -0.3 is 18.6 Å². The van der Waals surface area contributed by atoms with E-state index in [4.69, 9.17) is 9.15 Å². The summed E-state index contributed by atoms with van der Waals surface area (Å²) < 4.78 is 50.5. The first-order valence-electron chi connectivity index (χ1n) is 9.95. The van der Waals surface area contributed by atoms with Crippen molar-refractivity contribution in [3.63, 3.8) is 0 Å². The van der Waals surface area contributed by atoms with Crippen molar-refractivity contribution in [2.75, 3.05) is 19.7 Å². The second kappa shape index (κ2) is 8.49. The van der Waals surface area contributed by atoms with Gasteiger partial charge in [0.05, 0.1) is 13.2 Å². The van der Waals surface area contributed by atoms with E-state index in [-0.39, 0.29) is 36.8 Å². The minimum atomic E-state index is -4.85. The molecule has 6 nitrogen and oxygen atoms in total. The van der Waals surface area contributed by atoms with E-state index < -0.39 is 12.1 Å². The van der Waals surface area contributed by atoms with Crippen molar-refractivity contribution < 1.29 is 27.1 Å². The maximum absolute atomic E-state index is 12.5. The number of piperidine rings is 1. The Kier molecular flexibility index (Phi) is 5.75. The Morgan fingerprint density at radius 2 is 1.77 bits per heavy atom. The van der Waals surface area contributed by atoms with Crippen molar-refractivity contribution in [3.8, 4) is 5.75 Å². The number of fused-ring (bicyclic) bond motifs is 1. The highest BCUT2D eigenvalue weighted by atomic mass is 19.4. The molecule has 1 amide bonds. The average Bonchev–Trinajstić information content (AvgIpc) is 3.14. The molecule has 0 atom stereocenters. The van der Waals surface area contributed by atoms with Gasteiger partial charge in [0.1, 0.15) is 12.0 Å². The van der Waals surface area contributed by atoms with E-state index in [2.05, 4.69) is 0 Å². The zero-order valence-electron chi connectivity index (χ0n) is 16.6. The fourth-order valence-corrected chi connectivity index (χ4v) is 3.73. The zero-order chi connectivity index (χ0) is 22.0. The molecule has 1 fully saturated rings. The van der Waals surface area contributed by atoms with Gasteiger partial charge >= 0.3 is 12.1 Å². The van der Waals surface area contributed by atoms with Crippen LogP contribution in [-0.2, 0) is 11.3 Å². The number of carbonyl (C=O) groups excluding carboxylic acids is 1. The summed E-state index contributed by atoms with van der Waals surface area (Å²) in [5.41, 5.74) is -0.317. The van der Waals surface area contributed by atoms with Crippen LogP contribution < -0.4 is 10.2 Å². The van der Waals surface area contributed by atoms with Gasteiger partial charge in [0.2, 0.25) is 11.2 Å². The number of halogens is 3. The standard InChI is InChI=1S/C22H21F3N2O4/c23-22(24,25)21(29)27-7-5-15(6-8-27)13-31-20-14-30-18(9-19(20)28)12-26-10-16-3-1-2-4-17(16)11-26/h1-4,9-11,14-15H,5-8,12-13H2. The van der Waals surface area contributed by atoms with Gasteiger partial charge in [-0.05, 0) is 29.5 Å². The third-order valence-electron chi connectivity index (χ3n) is 5.42. The number of alkyl halides is 3. The summed E-state index contributed by atoms with van der Waals surface area (Å²) in [6.07, 6.45) is 1.12. The molecule has 2 aromatic heterocycles. The van der Waals surface area contributed by atoms with Crippen molar-refractivity contribution in [2.45, 2.75) is 25.6 Å². The van der Waals surface area contributed by atoms with E-state index in [9.17, 15) is 22.8 Å². The number of aromatic nitrogens is 1. The Bertz CT molecular complexity index is 1090. The smallest absolute Gasteiger partial charge is 0.471 e. The van der Waals surface area contributed by atoms with Crippen molar-refractivity contribution in [3.05, 3.63) is 65.0 Å². The summed E-state index contributed by atoms with van der Waals surface area (Å²) >= 11 is 0. The molecule has 0 N–H and O–H groups in total. The summed E-state index contributed by atoms with van der Waals surface area (Å²) in [7, 11) is 0. The molecule has 0 aliphatic carbocycles. The monoisotopic (exact) mass is 434 g/mol. The molecular weight excluding hydrogens is 413 g/mol. The molecule has 9 heteroatoms. The van der Waals surface area contributed by atoms with E-state index >= 15 is 0 Å². The zero-order valence-corrected chi connectivity index (χ0v) is 16.6. The Morgan fingerprint density at radius 1 is 1.13 bits per heavy atom. The minimum Gasteiger partial charge on any atom is -0.486 e. The first-order valence-corrected chi connectivity index (χ1v) is 9.95. The normalized spacial score (nSPS) is 15.4. The number of carbonyl (C=O) groups is 1. The molecule has 0 bridgehead atoms. The van der Waals surface area contributed by atoms with E-state index in [0.717, 1.165) is 15.7 Å². The summed E-state index contributed by atoms with van der Waals surface area (Å²) in [4.78, 5) is 24.4. The average molecular weight is 434 g/mol. The third-order valence-corrected chi connectivity index (χ3v) is 5.42. The molecule has 4 rings (SSSR count). The van der Waals surface area contributed by atoms with Gasteiger partial charge in [0.25, 0.3) is 0 Å². The lowest BCUT2D eigenvalue weighted by Crippen LogP contribution is -2.46. The highest BCUT2D eigenvalue weighted by molar-refractivity contribution is 5.82. The predicted octanol–water partition coefficient (Wildman–Crippen LogP) is 3.82. The van der Waals surface area contributed by atoms with Crippen LogP contribution in [0.3, 0.4) is 0 Å². The topological polar surface area (TPSA) is 64.7 Å². The maximum Gasteiger partial charge on any atom is 0.471 e. The fourth-order valence-electron chi connectivity index (χ4n) is 3.73. The summed E-state index contributed by atoms with van der Waals surface area (Å²) in [6, 6.07) is 9.30. The molecule has 1 aliphatic heterocycles. The van der Waals surface area contributed by atoms with Crippen LogP contribution in [0, 0.1) is 5.92 Å². The Morgan fingerprint density at radius 3 is 2.35 bits per heavy atom. The molecule has 31 heavy (non-hydrogen) atoms. The van der Waals surface area contributed by atoms with E-state index in [1.165, 1.54) is 12.3 Å². The Labute approximate surface area is 175 Å². The summed E-state index contributed by atoms with van der Waals surface area (Å²) in [5, 5.41) is 2.18. The first-order chi connectivity index (χ1) is 14.8. The van der Waals surface area contributed by atoms with Crippen LogP contribution in [0.25, 0.3) is 10.8 Å². The van der Waals surface area contributed by atoms with E-state index in [1.54, 1.807) is 0 Å². The van der Waals surface area contributed by atoms with E-state index in [0.29, 0.717) is 25.1 Å². The van der Waals surface area contributed by atoms with Gasteiger partial charge in [-0.3, -0.25) is 9.59 Å². The number of hydrogen-bond acceptors (Lipinski definition) is 4. The van der Waals surface area contributed by atoms with Gasteiger partial charge in [0.15, 0.2) is 0 Å². The van der Waals surface area contributed by atoms with Crippen LogP contribution in [0.15, 0.2) is 58.2 Å². The van der Waals surface area contributed by atoms with Crippen molar-refractivity contribution in [1.82, 2.24) is 9.47 Å². The third kappa shape index (κ3) is 4.92. The van der Waals surface area contributed by atoms with Crippen LogP contribution in [-0.4, -0.2) is 41.2 Å². The summed E-state index contributed by atoms with van der Waals surface area (Å²) in [5.74, 6) is -1.30. The predicted molar refractivity (Wildman–Crippen MR) is 107 cm³/mol. The van der Waals surface area contributed by atoms with Gasteiger partial charge in [-0.15, -0.1) is 0 Å². The van der Waals surface area contributed by atoms with Gasteiger partial charge in [0, 0.05) is 31.5 Å². The molecule has 3 aromatic rings. The van der Waals surface area contributed by atoms with Crippen molar-refractivity contribution in [1.29, 1.82) is 0 Å². The van der Waals surface area contributed by atoms with Crippen molar-refractivity contribution >= 4 is 16.7 Å². The lowest BCUT2D eigenvalue weighted by molar-refractivity contribution is -0.186. The van der Waals surface area contributed by atoms with Gasteiger partial charge in [-0.2, -0.15) is 13.2 Å². The van der Waals surface area contributed by atoms with Crippen LogP contribution >= 0.6 is 0 Å². The van der Waals surface area contributed by atoms with Gasteiger partial charge in [-0.1, -0.05) is 24.3 Å².